The molecule has 9 heteroatoms. The van der Waals surface area contributed by atoms with Crippen molar-refractivity contribution >= 4 is 32.0 Å². The molecule has 0 heterocycles. The summed E-state index contributed by atoms with van der Waals surface area (Å²) in [6.45, 7) is 0. The highest BCUT2D eigenvalue weighted by molar-refractivity contribution is 8.04. The number of hydrogen-bond donors (Lipinski definition) is 2. The van der Waals surface area contributed by atoms with Gasteiger partial charge in [0.25, 0.3) is 20.2 Å². The molecule has 0 aliphatic carbocycles. The molecule has 0 aromatic carbocycles. The summed E-state index contributed by atoms with van der Waals surface area (Å²) in [4.78, 5) is 0. The molecule has 0 aliphatic rings. The van der Waals surface area contributed by atoms with Crippen LogP contribution in [0.1, 0.15) is 12.8 Å². The Morgan fingerprint density at radius 1 is 1.14 bits per heavy atom. The molecule has 0 aromatic heterocycles. The van der Waals surface area contributed by atoms with E-state index in [1.165, 1.54) is 11.8 Å². The summed E-state index contributed by atoms with van der Waals surface area (Å²) >= 11 is 1.41. The van der Waals surface area contributed by atoms with Crippen LogP contribution in [0.3, 0.4) is 0 Å². The summed E-state index contributed by atoms with van der Waals surface area (Å²) in [5.41, 5.74) is 0. The van der Waals surface area contributed by atoms with Gasteiger partial charge in [-0.05, 0) is 24.9 Å². The Morgan fingerprint density at radius 2 is 1.57 bits per heavy atom. The summed E-state index contributed by atoms with van der Waals surface area (Å²) in [6.07, 6.45) is 1.75. The smallest absolute Gasteiger partial charge is 0.284 e. The van der Waals surface area contributed by atoms with Gasteiger partial charge in [-0.1, -0.05) is 0 Å². The van der Waals surface area contributed by atoms with E-state index < -0.39 is 24.8 Å². The topological polar surface area (TPSA) is 109 Å². The summed E-state index contributed by atoms with van der Waals surface area (Å²) in [7, 11) is -9.50. The monoisotopic (exact) mass is 264 g/mol. The molecule has 0 spiro atoms. The molecular formula is C5H12O6S3. The van der Waals surface area contributed by atoms with Crippen molar-refractivity contribution in [3.8, 4) is 0 Å². The average Bonchev–Trinajstić information content (AvgIpc) is 1.92. The second-order valence-corrected chi connectivity index (χ2v) is 7.08. The molecular weight excluding hydrogens is 252 g/mol. The summed E-state index contributed by atoms with van der Waals surface area (Å²) in [5.74, 6) is 0.557. The van der Waals surface area contributed by atoms with Crippen LogP contribution in [0.25, 0.3) is 0 Å². The van der Waals surface area contributed by atoms with Gasteiger partial charge >= 0.3 is 0 Å². The highest BCUT2D eigenvalue weighted by Crippen LogP contribution is 2.14. The van der Waals surface area contributed by atoms with Crippen LogP contribution < -0.4 is 0 Å². The molecule has 86 valence electrons. The van der Waals surface area contributed by atoms with E-state index >= 15 is 0 Å². The first-order valence-electron chi connectivity index (χ1n) is 3.61. The van der Waals surface area contributed by atoms with Gasteiger partial charge in [-0.3, -0.25) is 9.11 Å². The Hall–Kier alpha value is 0.170. The second kappa shape index (κ2) is 5.31. The molecule has 0 atom stereocenters. The summed E-state index contributed by atoms with van der Waals surface area (Å²) < 4.78 is 57.3. The van der Waals surface area contributed by atoms with E-state index in [-0.39, 0.29) is 12.8 Å². The van der Waals surface area contributed by atoms with Crippen LogP contribution in [-0.4, -0.2) is 42.5 Å². The van der Waals surface area contributed by atoms with Crippen LogP contribution in [0, 0.1) is 0 Å². The predicted octanol–water partition coefficient (Wildman–Crippen LogP) is 0.231. The van der Waals surface area contributed by atoms with E-state index in [0.29, 0.717) is 5.75 Å². The zero-order valence-electron chi connectivity index (χ0n) is 7.45. The van der Waals surface area contributed by atoms with E-state index in [9.17, 15) is 16.8 Å². The fourth-order valence-electron chi connectivity index (χ4n) is 0.846. The standard InChI is InChI=1S/C5H12O6S3/c1-12-4-2-3-5(13(6,7)8)14(9,10)11/h5H,2-4H2,1H3,(H,6,7,8)(H,9,10,11). The van der Waals surface area contributed by atoms with E-state index in [1.54, 1.807) is 6.26 Å². The molecule has 0 fully saturated rings. The van der Waals surface area contributed by atoms with E-state index in [2.05, 4.69) is 0 Å². The number of rotatable bonds is 6. The summed E-state index contributed by atoms with van der Waals surface area (Å²) in [5, 5.41) is 0. The average molecular weight is 264 g/mol. The predicted molar refractivity (Wildman–Crippen MR) is 54.5 cm³/mol. The van der Waals surface area contributed by atoms with Gasteiger partial charge in [0, 0.05) is 0 Å². The maximum Gasteiger partial charge on any atom is 0.284 e. The quantitative estimate of drug-likeness (QED) is 0.522. The Morgan fingerprint density at radius 3 is 1.86 bits per heavy atom. The first kappa shape index (κ1) is 14.2. The first-order valence-corrected chi connectivity index (χ1v) is 8.01. The Balaban J connectivity index is 4.62. The van der Waals surface area contributed by atoms with Crippen molar-refractivity contribution in [3.05, 3.63) is 0 Å². The lowest BCUT2D eigenvalue weighted by Gasteiger charge is -2.09. The number of thioether (sulfide) groups is 1. The van der Waals surface area contributed by atoms with Crippen LogP contribution in [-0.2, 0) is 20.2 Å². The lowest BCUT2D eigenvalue weighted by atomic mass is 10.4. The third-order valence-electron chi connectivity index (χ3n) is 1.45. The van der Waals surface area contributed by atoms with Gasteiger partial charge in [0.15, 0.2) is 0 Å². The van der Waals surface area contributed by atoms with Crippen LogP contribution in [0.5, 0.6) is 0 Å². The van der Waals surface area contributed by atoms with Gasteiger partial charge in [0.05, 0.1) is 0 Å². The third kappa shape index (κ3) is 5.15. The molecule has 0 saturated heterocycles. The van der Waals surface area contributed by atoms with E-state index in [0.717, 1.165) is 0 Å². The van der Waals surface area contributed by atoms with Gasteiger partial charge in [-0.2, -0.15) is 28.6 Å². The molecule has 14 heavy (non-hydrogen) atoms. The first-order chi connectivity index (χ1) is 6.19. The molecule has 0 unspecified atom stereocenters. The molecule has 2 N–H and O–H groups in total. The Bertz CT molecular complexity index is 323. The van der Waals surface area contributed by atoms with Crippen LogP contribution in [0.15, 0.2) is 0 Å². The van der Waals surface area contributed by atoms with Gasteiger partial charge in [-0.25, -0.2) is 0 Å². The van der Waals surface area contributed by atoms with Gasteiger partial charge < -0.3 is 0 Å². The SMILES string of the molecule is CSCCCC(S(=O)(=O)O)S(=O)(=O)O. The minimum absolute atomic E-state index is 0.283. The maximum atomic E-state index is 10.6. The largest absolute Gasteiger partial charge is 0.284 e. The van der Waals surface area contributed by atoms with Crippen molar-refractivity contribution in [1.29, 1.82) is 0 Å². The Labute approximate surface area is 87.6 Å². The Kier molecular flexibility index (Phi) is 5.37. The molecule has 0 aliphatic heterocycles. The van der Waals surface area contributed by atoms with Crippen molar-refractivity contribution in [2.45, 2.75) is 17.4 Å². The molecule has 6 nitrogen and oxygen atoms in total. The molecule has 0 amide bonds. The lowest BCUT2D eigenvalue weighted by molar-refractivity contribution is 0.450. The molecule has 0 radical (unpaired) electrons. The lowest BCUT2D eigenvalue weighted by Crippen LogP contribution is -2.29. The van der Waals surface area contributed by atoms with Crippen molar-refractivity contribution in [2.24, 2.45) is 0 Å². The maximum absolute atomic E-state index is 10.6. The fourth-order valence-corrected chi connectivity index (χ4v) is 3.46. The van der Waals surface area contributed by atoms with Crippen molar-refractivity contribution in [2.75, 3.05) is 12.0 Å². The molecule has 0 bridgehead atoms. The minimum atomic E-state index is -4.75. The second-order valence-electron chi connectivity index (χ2n) is 2.59. The van der Waals surface area contributed by atoms with Gasteiger partial charge in [0.2, 0.25) is 4.58 Å². The van der Waals surface area contributed by atoms with Crippen LogP contribution in [0.4, 0.5) is 0 Å². The number of hydrogen-bond acceptors (Lipinski definition) is 5. The van der Waals surface area contributed by atoms with Gasteiger partial charge in [0.1, 0.15) is 0 Å². The van der Waals surface area contributed by atoms with Crippen LogP contribution >= 0.6 is 11.8 Å². The zero-order chi connectivity index (χ0) is 11.4. The van der Waals surface area contributed by atoms with E-state index in [1.807, 2.05) is 0 Å². The molecule has 0 aromatic rings. The van der Waals surface area contributed by atoms with Crippen molar-refractivity contribution < 1.29 is 25.9 Å². The minimum Gasteiger partial charge on any atom is -0.284 e. The molecule has 0 saturated carbocycles. The highest BCUT2D eigenvalue weighted by Gasteiger charge is 2.34. The summed E-state index contributed by atoms with van der Waals surface area (Å²) in [6, 6.07) is 0. The van der Waals surface area contributed by atoms with Crippen LogP contribution in [0.2, 0.25) is 0 Å². The zero-order valence-corrected chi connectivity index (χ0v) is 9.90. The normalized spacial score (nSPS) is 13.4. The molecule has 0 rings (SSSR count). The fraction of sp³-hybridized carbons (Fsp3) is 1.00. The van der Waals surface area contributed by atoms with Crippen molar-refractivity contribution in [1.82, 2.24) is 0 Å². The van der Waals surface area contributed by atoms with Crippen molar-refractivity contribution in [3.63, 3.8) is 0 Å². The van der Waals surface area contributed by atoms with Gasteiger partial charge in [-0.15, -0.1) is 0 Å². The third-order valence-corrected chi connectivity index (χ3v) is 5.41. The highest BCUT2D eigenvalue weighted by atomic mass is 32.3. The van der Waals surface area contributed by atoms with E-state index in [4.69, 9.17) is 9.11 Å².